The van der Waals surface area contributed by atoms with Gasteiger partial charge in [-0.05, 0) is 24.1 Å². The first-order valence-corrected chi connectivity index (χ1v) is 5.06. The average Bonchev–Trinajstić information content (AvgIpc) is 2.29. The summed E-state index contributed by atoms with van der Waals surface area (Å²) in [4.78, 5) is 14.2. The number of nitrogens with zero attached hydrogens (tertiary/aromatic N) is 2. The third-order valence-corrected chi connectivity index (χ3v) is 2.60. The van der Waals surface area contributed by atoms with E-state index in [9.17, 15) is 14.5 Å². The Balaban J connectivity index is 2.88. The quantitative estimate of drug-likeness (QED) is 0.640. The predicted molar refractivity (Wildman–Crippen MR) is 62.1 cm³/mol. The Morgan fingerprint density at radius 3 is 2.82 bits per heavy atom. The number of hydrogen-bond donors (Lipinski definition) is 1. The maximum Gasteiger partial charge on any atom is 0.278 e. The van der Waals surface area contributed by atoms with Crippen LogP contribution in [-0.4, -0.2) is 9.91 Å². The zero-order chi connectivity index (χ0) is 12.6. The van der Waals surface area contributed by atoms with E-state index in [0.717, 1.165) is 12.1 Å². The van der Waals surface area contributed by atoms with Gasteiger partial charge >= 0.3 is 0 Å². The zero-order valence-electron chi connectivity index (χ0n) is 9.11. The summed E-state index contributed by atoms with van der Waals surface area (Å²) < 4.78 is 13.5. The van der Waals surface area contributed by atoms with E-state index in [0.29, 0.717) is 12.0 Å². The van der Waals surface area contributed by atoms with Crippen LogP contribution in [0.15, 0.2) is 18.2 Å². The maximum absolute atomic E-state index is 13.5. The van der Waals surface area contributed by atoms with Gasteiger partial charge in [-0.25, -0.2) is 9.37 Å². The molecule has 17 heavy (non-hydrogen) atoms. The summed E-state index contributed by atoms with van der Waals surface area (Å²) in [6, 6.07) is 3.69. The molecule has 0 atom stereocenters. The maximum atomic E-state index is 13.5. The molecule has 0 radical (unpaired) electrons. The lowest BCUT2D eigenvalue weighted by Crippen LogP contribution is -2.00. The van der Waals surface area contributed by atoms with E-state index in [2.05, 4.69) is 4.98 Å². The third-order valence-electron chi connectivity index (χ3n) is 2.60. The Morgan fingerprint density at radius 2 is 2.24 bits per heavy atom. The van der Waals surface area contributed by atoms with Gasteiger partial charge in [0.25, 0.3) is 5.69 Å². The molecule has 0 bridgehead atoms. The first-order valence-electron chi connectivity index (χ1n) is 5.06. The highest BCUT2D eigenvalue weighted by Gasteiger charge is 2.17. The van der Waals surface area contributed by atoms with Crippen LogP contribution >= 0.6 is 0 Å². The molecule has 5 nitrogen and oxygen atoms in total. The van der Waals surface area contributed by atoms with Gasteiger partial charge in [-0.3, -0.25) is 10.1 Å². The number of nitro benzene ring substituents is 1. The first-order chi connectivity index (χ1) is 8.04. The Hall–Kier alpha value is -2.24. The molecule has 0 fully saturated rings. The lowest BCUT2D eigenvalue weighted by Gasteiger charge is -2.06. The highest BCUT2D eigenvalue weighted by Crippen LogP contribution is 2.29. The summed E-state index contributed by atoms with van der Waals surface area (Å²) in [5, 5.41) is 11.0. The number of benzene rings is 1. The number of hydrogen-bond acceptors (Lipinski definition) is 4. The van der Waals surface area contributed by atoms with Crippen molar-refractivity contribution in [3.8, 4) is 0 Å². The molecular formula is C11H10FN3O2. The van der Waals surface area contributed by atoms with Crippen molar-refractivity contribution in [1.82, 2.24) is 4.98 Å². The van der Waals surface area contributed by atoms with Gasteiger partial charge in [0.2, 0.25) is 0 Å². The van der Waals surface area contributed by atoms with Crippen molar-refractivity contribution in [3.63, 3.8) is 0 Å². The number of nitrogen functional groups attached to an aromatic ring is 1. The topological polar surface area (TPSA) is 82.0 Å². The minimum absolute atomic E-state index is 0.0612. The van der Waals surface area contributed by atoms with Crippen molar-refractivity contribution >= 4 is 22.4 Å². The normalized spacial score (nSPS) is 10.7. The predicted octanol–water partition coefficient (Wildman–Crippen LogP) is 2.43. The fraction of sp³-hybridized carbons (Fsp3) is 0.182. The molecular weight excluding hydrogens is 225 g/mol. The summed E-state index contributed by atoms with van der Waals surface area (Å²) in [6.07, 6.45) is 0.586. The Bertz CT molecular complexity index is 613. The van der Waals surface area contributed by atoms with Crippen LogP contribution in [-0.2, 0) is 6.42 Å². The summed E-state index contributed by atoms with van der Waals surface area (Å²) in [7, 11) is 0. The van der Waals surface area contributed by atoms with E-state index in [1.165, 1.54) is 6.07 Å². The summed E-state index contributed by atoms with van der Waals surface area (Å²) in [6.45, 7) is 1.85. The molecule has 0 unspecified atom stereocenters. The molecule has 0 aliphatic carbocycles. The van der Waals surface area contributed by atoms with Crippen LogP contribution in [0.3, 0.4) is 0 Å². The van der Waals surface area contributed by atoms with Crippen molar-refractivity contribution in [3.05, 3.63) is 39.7 Å². The van der Waals surface area contributed by atoms with Crippen molar-refractivity contribution < 1.29 is 9.31 Å². The molecule has 0 amide bonds. The lowest BCUT2D eigenvalue weighted by atomic mass is 10.1. The van der Waals surface area contributed by atoms with Crippen molar-refractivity contribution in [1.29, 1.82) is 0 Å². The fourth-order valence-electron chi connectivity index (χ4n) is 1.71. The number of anilines is 1. The Kier molecular flexibility index (Phi) is 2.63. The van der Waals surface area contributed by atoms with Crippen LogP contribution in [0.25, 0.3) is 10.9 Å². The second-order valence-corrected chi connectivity index (χ2v) is 3.61. The zero-order valence-corrected chi connectivity index (χ0v) is 9.11. The highest BCUT2D eigenvalue weighted by atomic mass is 19.1. The van der Waals surface area contributed by atoms with Gasteiger partial charge in [-0.2, -0.15) is 0 Å². The van der Waals surface area contributed by atoms with E-state index in [-0.39, 0.29) is 22.4 Å². The van der Waals surface area contributed by atoms with Gasteiger partial charge in [-0.15, -0.1) is 0 Å². The monoisotopic (exact) mass is 235 g/mol. The van der Waals surface area contributed by atoms with Crippen LogP contribution in [0.1, 0.15) is 12.5 Å². The number of fused-ring (bicyclic) bond motifs is 1. The van der Waals surface area contributed by atoms with Gasteiger partial charge < -0.3 is 5.73 Å². The number of non-ortho nitro benzene ring substituents is 1. The van der Waals surface area contributed by atoms with Crippen molar-refractivity contribution in [2.24, 2.45) is 0 Å². The second kappa shape index (κ2) is 3.97. The van der Waals surface area contributed by atoms with Crippen LogP contribution < -0.4 is 5.73 Å². The summed E-state index contributed by atoms with van der Waals surface area (Å²) in [5.74, 6) is -0.403. The molecule has 0 saturated heterocycles. The van der Waals surface area contributed by atoms with Crippen LogP contribution in [0.2, 0.25) is 0 Å². The minimum atomic E-state index is -0.611. The SMILES string of the molecule is CCc1cc2c([N+](=O)[O-])ccc(F)c2nc1N. The number of nitro groups is 1. The molecule has 0 spiro atoms. The van der Waals surface area contributed by atoms with Crippen molar-refractivity contribution in [2.45, 2.75) is 13.3 Å². The Morgan fingerprint density at radius 1 is 1.53 bits per heavy atom. The molecule has 2 rings (SSSR count). The molecule has 1 aromatic heterocycles. The standard InChI is InChI=1S/C11H10FN3O2/c1-2-6-5-7-9(15(16)17)4-3-8(12)10(7)14-11(6)13/h3-5H,2H2,1H3,(H2,13,14). The molecule has 2 aromatic rings. The number of halogens is 1. The summed E-state index contributed by atoms with van der Waals surface area (Å²) in [5.41, 5.74) is 6.09. The smallest absolute Gasteiger partial charge is 0.278 e. The average molecular weight is 235 g/mol. The van der Waals surface area contributed by atoms with E-state index in [1.54, 1.807) is 0 Å². The van der Waals surface area contributed by atoms with Gasteiger partial charge in [0.15, 0.2) is 0 Å². The van der Waals surface area contributed by atoms with Gasteiger partial charge in [0.05, 0.1) is 10.3 Å². The number of rotatable bonds is 2. The van der Waals surface area contributed by atoms with Crippen LogP contribution in [0.5, 0.6) is 0 Å². The molecule has 0 aliphatic heterocycles. The molecule has 2 N–H and O–H groups in total. The van der Waals surface area contributed by atoms with E-state index < -0.39 is 10.7 Å². The van der Waals surface area contributed by atoms with Gasteiger partial charge in [0, 0.05) is 6.07 Å². The molecule has 0 saturated carbocycles. The number of aryl methyl sites for hydroxylation is 1. The fourth-order valence-corrected chi connectivity index (χ4v) is 1.71. The molecule has 1 heterocycles. The van der Waals surface area contributed by atoms with Gasteiger partial charge in [-0.1, -0.05) is 6.92 Å². The number of nitrogens with two attached hydrogens (primary N) is 1. The van der Waals surface area contributed by atoms with E-state index in [4.69, 9.17) is 5.73 Å². The van der Waals surface area contributed by atoms with E-state index >= 15 is 0 Å². The molecule has 6 heteroatoms. The largest absolute Gasteiger partial charge is 0.383 e. The number of aromatic nitrogens is 1. The number of pyridine rings is 1. The minimum Gasteiger partial charge on any atom is -0.383 e. The lowest BCUT2D eigenvalue weighted by molar-refractivity contribution is -0.383. The van der Waals surface area contributed by atoms with Crippen LogP contribution in [0, 0.1) is 15.9 Å². The van der Waals surface area contributed by atoms with Crippen LogP contribution in [0.4, 0.5) is 15.9 Å². The van der Waals surface area contributed by atoms with E-state index in [1.807, 2.05) is 6.92 Å². The van der Waals surface area contributed by atoms with Crippen molar-refractivity contribution in [2.75, 3.05) is 5.73 Å². The summed E-state index contributed by atoms with van der Waals surface area (Å²) >= 11 is 0. The molecule has 0 aliphatic rings. The molecule has 1 aromatic carbocycles. The van der Waals surface area contributed by atoms with Gasteiger partial charge in [0.1, 0.15) is 17.2 Å². The highest BCUT2D eigenvalue weighted by molar-refractivity contribution is 5.90. The Labute approximate surface area is 96.2 Å². The first kappa shape index (κ1) is 11.3. The second-order valence-electron chi connectivity index (χ2n) is 3.61. The third kappa shape index (κ3) is 1.77. The molecule has 88 valence electrons.